The second-order valence-electron chi connectivity index (χ2n) is 0.917. The van der Waals surface area contributed by atoms with Crippen molar-refractivity contribution in [2.24, 2.45) is 0 Å². The maximum Gasteiger partial charge on any atom is 0.266 e. The molecule has 2 nitrogen and oxygen atoms in total. The quantitative estimate of drug-likeness (QED) is 0.584. The van der Waals surface area contributed by atoms with Crippen LogP contribution in [0, 0.1) is 5.95 Å². The van der Waals surface area contributed by atoms with Crippen LogP contribution in [0.4, 0.5) is 4.39 Å². The lowest BCUT2D eigenvalue weighted by Crippen LogP contribution is -1.66. The zero-order chi connectivity index (χ0) is 5.28. The second-order valence-corrected chi connectivity index (χ2v) is 1.64. The molecule has 7 heavy (non-hydrogen) atoms. The van der Waals surface area contributed by atoms with Crippen molar-refractivity contribution in [3.05, 3.63) is 17.0 Å². The van der Waals surface area contributed by atoms with Crippen LogP contribution in [-0.4, -0.2) is 4.98 Å². The first-order chi connectivity index (χ1) is 3.30. The lowest BCUT2D eigenvalue weighted by Gasteiger charge is -1.69. The van der Waals surface area contributed by atoms with Crippen LogP contribution in [0.3, 0.4) is 0 Å². The predicted molar refractivity (Wildman–Crippen MR) is 24.2 cm³/mol. The average molecular weight is 166 g/mol. The summed E-state index contributed by atoms with van der Waals surface area (Å²) in [6.07, 6.45) is 1.03. The first-order valence-corrected chi connectivity index (χ1v) is 2.34. The van der Waals surface area contributed by atoms with Gasteiger partial charge in [-0.25, -0.2) is 0 Å². The Balaban J connectivity index is 3.12. The molecule has 0 aliphatic rings. The van der Waals surface area contributed by atoms with Crippen LogP contribution in [0.15, 0.2) is 15.5 Å². The molecule has 0 aliphatic carbocycles. The molecule has 0 unspecified atom stereocenters. The molecule has 0 bridgehead atoms. The molecule has 0 aliphatic heterocycles. The number of aromatic nitrogens is 1. The lowest BCUT2D eigenvalue weighted by molar-refractivity contribution is 0.504. The molecular weight excluding hydrogens is 165 g/mol. The fourth-order valence-corrected chi connectivity index (χ4v) is 0.404. The number of halogens is 2. The summed E-state index contributed by atoms with van der Waals surface area (Å²) in [5.41, 5.74) is 0. The highest BCUT2D eigenvalue weighted by atomic mass is 79.9. The normalized spacial score (nSPS) is 9.43. The molecule has 0 saturated heterocycles. The highest BCUT2D eigenvalue weighted by Crippen LogP contribution is 2.10. The summed E-state index contributed by atoms with van der Waals surface area (Å²) in [6.45, 7) is 0. The molecule has 0 aromatic carbocycles. The van der Waals surface area contributed by atoms with Crippen LogP contribution in [-0.2, 0) is 0 Å². The van der Waals surface area contributed by atoms with Crippen molar-refractivity contribution in [1.82, 2.24) is 4.98 Å². The van der Waals surface area contributed by atoms with Crippen molar-refractivity contribution in [3.63, 3.8) is 0 Å². The third-order valence-electron chi connectivity index (χ3n) is 0.484. The Bertz CT molecular complexity index is 147. The lowest BCUT2D eigenvalue weighted by atomic mass is 10.9. The molecule has 1 rings (SSSR count). The minimum Gasteiger partial charge on any atom is -0.433 e. The van der Waals surface area contributed by atoms with E-state index in [2.05, 4.69) is 25.3 Å². The summed E-state index contributed by atoms with van der Waals surface area (Å²) >= 11 is 2.76. The monoisotopic (exact) mass is 165 g/mol. The van der Waals surface area contributed by atoms with E-state index >= 15 is 0 Å². The van der Waals surface area contributed by atoms with E-state index in [1.807, 2.05) is 0 Å². The number of hydrogen-bond donors (Lipinski definition) is 0. The zero-order valence-corrected chi connectivity index (χ0v) is 4.77. The van der Waals surface area contributed by atoms with Gasteiger partial charge in [-0.3, -0.25) is 0 Å². The van der Waals surface area contributed by atoms with Crippen molar-refractivity contribution in [2.75, 3.05) is 0 Å². The predicted octanol–water partition coefficient (Wildman–Crippen LogP) is 1.58. The van der Waals surface area contributed by atoms with E-state index in [0.717, 1.165) is 6.39 Å². The van der Waals surface area contributed by atoms with E-state index in [4.69, 9.17) is 0 Å². The van der Waals surface area contributed by atoms with Gasteiger partial charge >= 0.3 is 0 Å². The third-order valence-corrected chi connectivity index (χ3v) is 0.999. The van der Waals surface area contributed by atoms with Crippen LogP contribution >= 0.6 is 15.9 Å². The van der Waals surface area contributed by atoms with E-state index in [1.54, 1.807) is 0 Å². The van der Waals surface area contributed by atoms with Gasteiger partial charge in [0.05, 0.1) is 0 Å². The van der Waals surface area contributed by atoms with E-state index in [-0.39, 0.29) is 4.67 Å². The molecule has 38 valence electrons. The summed E-state index contributed by atoms with van der Waals surface area (Å²) in [5.74, 6) is -0.611. The van der Waals surface area contributed by atoms with Gasteiger partial charge in [-0.15, -0.1) is 0 Å². The summed E-state index contributed by atoms with van der Waals surface area (Å²) < 4.78 is 16.3. The number of hydrogen-bond acceptors (Lipinski definition) is 2. The highest BCUT2D eigenvalue weighted by molar-refractivity contribution is 9.10. The van der Waals surface area contributed by atoms with Gasteiger partial charge in [0.25, 0.3) is 5.95 Å². The summed E-state index contributed by atoms with van der Waals surface area (Å²) in [6, 6.07) is 0. The van der Waals surface area contributed by atoms with Gasteiger partial charge in [0, 0.05) is 0 Å². The van der Waals surface area contributed by atoms with E-state index in [9.17, 15) is 4.39 Å². The highest BCUT2D eigenvalue weighted by Gasteiger charge is 1.98. The molecule has 4 heteroatoms. The largest absolute Gasteiger partial charge is 0.433 e. The maximum atomic E-state index is 11.8. The topological polar surface area (TPSA) is 26.0 Å². The Hall–Kier alpha value is -0.380. The fourth-order valence-electron chi connectivity index (χ4n) is 0.218. The smallest absolute Gasteiger partial charge is 0.266 e. The molecule has 1 heterocycles. The van der Waals surface area contributed by atoms with Gasteiger partial charge < -0.3 is 4.42 Å². The van der Waals surface area contributed by atoms with E-state index in [0.29, 0.717) is 0 Å². The van der Waals surface area contributed by atoms with Crippen molar-refractivity contribution in [2.45, 2.75) is 0 Å². The van der Waals surface area contributed by atoms with Crippen molar-refractivity contribution in [3.8, 4) is 0 Å². The van der Waals surface area contributed by atoms with Crippen molar-refractivity contribution >= 4 is 15.9 Å². The van der Waals surface area contributed by atoms with Crippen LogP contribution in [0.5, 0.6) is 0 Å². The summed E-state index contributed by atoms with van der Waals surface area (Å²) in [5, 5.41) is 0. The molecule has 0 atom stereocenters. The number of oxazole rings is 1. The molecule has 1 aromatic heterocycles. The molecule has 0 N–H and O–H groups in total. The number of rotatable bonds is 0. The second kappa shape index (κ2) is 1.61. The molecule has 0 amide bonds. The SMILES string of the molecule is Fc1ncoc1Br. The molecule has 0 radical (unpaired) electrons. The van der Waals surface area contributed by atoms with Gasteiger partial charge in [0.2, 0.25) is 4.67 Å². The van der Waals surface area contributed by atoms with Crippen LogP contribution in [0.1, 0.15) is 0 Å². The van der Waals surface area contributed by atoms with Gasteiger partial charge in [-0.1, -0.05) is 0 Å². The Morgan fingerprint density at radius 2 is 2.57 bits per heavy atom. The molecular formula is C3HBrFNO. The Kier molecular flexibility index (Phi) is 1.10. The molecule has 0 spiro atoms. The Labute approximate surface area is 47.5 Å². The van der Waals surface area contributed by atoms with Crippen molar-refractivity contribution < 1.29 is 8.81 Å². The maximum absolute atomic E-state index is 11.8. The Morgan fingerprint density at radius 1 is 1.86 bits per heavy atom. The van der Waals surface area contributed by atoms with Crippen molar-refractivity contribution in [1.29, 1.82) is 0 Å². The minimum absolute atomic E-state index is 0.0486. The fraction of sp³-hybridized carbons (Fsp3) is 0. The molecule has 0 fully saturated rings. The summed E-state index contributed by atoms with van der Waals surface area (Å²) in [7, 11) is 0. The number of nitrogens with zero attached hydrogens (tertiary/aromatic N) is 1. The van der Waals surface area contributed by atoms with Crippen LogP contribution < -0.4 is 0 Å². The van der Waals surface area contributed by atoms with Gasteiger partial charge in [0.1, 0.15) is 0 Å². The first-order valence-electron chi connectivity index (χ1n) is 1.55. The van der Waals surface area contributed by atoms with Gasteiger partial charge in [-0.05, 0) is 15.9 Å². The molecule has 1 aromatic rings. The van der Waals surface area contributed by atoms with Gasteiger partial charge in [0.15, 0.2) is 6.39 Å². The van der Waals surface area contributed by atoms with Crippen LogP contribution in [0.2, 0.25) is 0 Å². The molecule has 0 saturated carbocycles. The van der Waals surface area contributed by atoms with Crippen LogP contribution in [0.25, 0.3) is 0 Å². The minimum atomic E-state index is -0.611. The van der Waals surface area contributed by atoms with E-state index in [1.165, 1.54) is 0 Å². The Morgan fingerprint density at radius 3 is 2.71 bits per heavy atom. The average Bonchev–Trinajstić information content (AvgIpc) is 1.91. The van der Waals surface area contributed by atoms with Gasteiger partial charge in [-0.2, -0.15) is 9.37 Å². The summed E-state index contributed by atoms with van der Waals surface area (Å²) in [4.78, 5) is 3.14. The van der Waals surface area contributed by atoms with E-state index < -0.39 is 5.95 Å². The first kappa shape index (κ1) is 4.77. The zero-order valence-electron chi connectivity index (χ0n) is 3.19. The standard InChI is InChI=1S/C3HBrFNO/c4-2-3(5)6-1-7-2/h1H. The third kappa shape index (κ3) is 0.796.